The predicted molar refractivity (Wildman–Crippen MR) is 73.6 cm³/mol. The summed E-state index contributed by atoms with van der Waals surface area (Å²) in [6.45, 7) is 7.96. The van der Waals surface area contributed by atoms with Gasteiger partial charge in [-0.1, -0.05) is 32.0 Å². The van der Waals surface area contributed by atoms with Crippen molar-refractivity contribution in [2.75, 3.05) is 13.1 Å². The number of hydrogen-bond acceptors (Lipinski definition) is 3. The highest BCUT2D eigenvalue weighted by Gasteiger charge is 2.10. The smallest absolute Gasteiger partial charge is 0.338 e. The lowest BCUT2D eigenvalue weighted by molar-refractivity contribution is 0.0342. The third-order valence-corrected chi connectivity index (χ3v) is 2.65. The molecule has 0 saturated carbocycles. The number of carbonyl (C=O) groups is 1. The van der Waals surface area contributed by atoms with Crippen molar-refractivity contribution in [3.8, 4) is 0 Å². The second-order valence-electron chi connectivity index (χ2n) is 4.97. The summed E-state index contributed by atoms with van der Waals surface area (Å²) in [7, 11) is 0. The van der Waals surface area contributed by atoms with Gasteiger partial charge in [0, 0.05) is 6.54 Å². The lowest BCUT2D eigenvalue weighted by Crippen LogP contribution is -2.30. The average molecular weight is 249 g/mol. The number of hydrogen-bond donors (Lipinski definition) is 1. The molecular formula is C15H23NO2. The third kappa shape index (κ3) is 5.82. The summed E-state index contributed by atoms with van der Waals surface area (Å²) in [6, 6.07) is 9.08. The van der Waals surface area contributed by atoms with E-state index in [1.807, 2.05) is 25.1 Å². The third-order valence-electron chi connectivity index (χ3n) is 2.65. The molecule has 1 aromatic carbocycles. The largest absolute Gasteiger partial charge is 0.458 e. The molecule has 0 aliphatic heterocycles. The van der Waals surface area contributed by atoms with Gasteiger partial charge >= 0.3 is 5.97 Å². The lowest BCUT2D eigenvalue weighted by Gasteiger charge is -2.14. The van der Waals surface area contributed by atoms with Gasteiger partial charge in [0.25, 0.3) is 0 Å². The topological polar surface area (TPSA) is 38.3 Å². The zero-order valence-electron chi connectivity index (χ0n) is 11.5. The van der Waals surface area contributed by atoms with Gasteiger partial charge in [0.05, 0.1) is 5.56 Å². The second-order valence-corrected chi connectivity index (χ2v) is 4.97. The van der Waals surface area contributed by atoms with Gasteiger partial charge in [-0.15, -0.1) is 0 Å². The van der Waals surface area contributed by atoms with Crippen LogP contribution in [0.4, 0.5) is 0 Å². The standard InChI is InChI=1S/C15H23NO2/c1-12(2)9-10-16-11-13(3)18-15(17)14-7-5-4-6-8-14/h4-8,12-13,16H,9-11H2,1-3H3. The first kappa shape index (κ1) is 14.7. The van der Waals surface area contributed by atoms with Crippen LogP contribution in [0.2, 0.25) is 0 Å². The van der Waals surface area contributed by atoms with E-state index in [4.69, 9.17) is 4.74 Å². The first-order valence-corrected chi connectivity index (χ1v) is 6.56. The molecule has 0 aliphatic carbocycles. The van der Waals surface area contributed by atoms with Crippen molar-refractivity contribution in [2.24, 2.45) is 5.92 Å². The molecule has 0 amide bonds. The minimum absolute atomic E-state index is 0.107. The molecule has 0 heterocycles. The van der Waals surface area contributed by atoms with Crippen molar-refractivity contribution in [2.45, 2.75) is 33.3 Å². The Bertz CT molecular complexity index is 349. The van der Waals surface area contributed by atoms with Crippen LogP contribution in [-0.4, -0.2) is 25.2 Å². The Balaban J connectivity index is 2.24. The highest BCUT2D eigenvalue weighted by molar-refractivity contribution is 5.89. The van der Waals surface area contributed by atoms with E-state index in [9.17, 15) is 4.79 Å². The van der Waals surface area contributed by atoms with Crippen LogP contribution in [0, 0.1) is 5.92 Å². The maximum Gasteiger partial charge on any atom is 0.338 e. The van der Waals surface area contributed by atoms with Crippen molar-refractivity contribution >= 4 is 5.97 Å². The molecule has 0 aromatic heterocycles. The fourth-order valence-corrected chi connectivity index (χ4v) is 1.56. The summed E-state index contributed by atoms with van der Waals surface area (Å²) >= 11 is 0. The van der Waals surface area contributed by atoms with E-state index in [1.54, 1.807) is 12.1 Å². The van der Waals surface area contributed by atoms with Crippen molar-refractivity contribution in [3.05, 3.63) is 35.9 Å². The number of esters is 1. The summed E-state index contributed by atoms with van der Waals surface area (Å²) < 4.78 is 5.34. The molecule has 0 radical (unpaired) electrons. The van der Waals surface area contributed by atoms with E-state index in [0.717, 1.165) is 13.0 Å². The average Bonchev–Trinajstić information content (AvgIpc) is 2.35. The van der Waals surface area contributed by atoms with Crippen molar-refractivity contribution in [3.63, 3.8) is 0 Å². The zero-order chi connectivity index (χ0) is 13.4. The van der Waals surface area contributed by atoms with E-state index in [1.165, 1.54) is 0 Å². The van der Waals surface area contributed by atoms with Gasteiger partial charge in [-0.2, -0.15) is 0 Å². The normalized spacial score (nSPS) is 12.4. The number of nitrogens with one attached hydrogen (secondary N) is 1. The van der Waals surface area contributed by atoms with Gasteiger partial charge < -0.3 is 10.1 Å². The predicted octanol–water partition coefficient (Wildman–Crippen LogP) is 2.87. The molecule has 3 nitrogen and oxygen atoms in total. The molecule has 1 rings (SSSR count). The Morgan fingerprint density at radius 3 is 2.50 bits per heavy atom. The lowest BCUT2D eigenvalue weighted by atomic mass is 10.1. The van der Waals surface area contributed by atoms with Crippen LogP contribution in [0.15, 0.2) is 30.3 Å². The zero-order valence-corrected chi connectivity index (χ0v) is 11.5. The quantitative estimate of drug-likeness (QED) is 0.596. The number of benzene rings is 1. The van der Waals surface area contributed by atoms with Gasteiger partial charge in [0.2, 0.25) is 0 Å². The molecule has 0 fully saturated rings. The van der Waals surface area contributed by atoms with E-state index in [-0.39, 0.29) is 12.1 Å². The highest BCUT2D eigenvalue weighted by Crippen LogP contribution is 2.03. The number of rotatable bonds is 7. The Labute approximate surface area is 110 Å². The number of ether oxygens (including phenoxy) is 1. The Hall–Kier alpha value is -1.35. The van der Waals surface area contributed by atoms with Gasteiger partial charge in [0.1, 0.15) is 6.10 Å². The second kappa shape index (κ2) is 7.88. The summed E-state index contributed by atoms with van der Waals surface area (Å²) in [5, 5.41) is 3.30. The number of carbonyl (C=O) groups excluding carboxylic acids is 1. The van der Waals surface area contributed by atoms with Gasteiger partial charge in [0.15, 0.2) is 0 Å². The van der Waals surface area contributed by atoms with Crippen LogP contribution in [0.1, 0.15) is 37.6 Å². The fourth-order valence-electron chi connectivity index (χ4n) is 1.56. The summed E-state index contributed by atoms with van der Waals surface area (Å²) in [5.74, 6) is 0.438. The highest BCUT2D eigenvalue weighted by atomic mass is 16.5. The van der Waals surface area contributed by atoms with Gasteiger partial charge in [-0.25, -0.2) is 4.79 Å². The van der Waals surface area contributed by atoms with Crippen LogP contribution in [0.3, 0.4) is 0 Å². The van der Waals surface area contributed by atoms with Crippen LogP contribution in [0.5, 0.6) is 0 Å². The summed E-state index contributed by atoms with van der Waals surface area (Å²) in [6.07, 6.45) is 1.03. The molecule has 1 atom stereocenters. The minimum atomic E-state index is -0.256. The van der Waals surface area contributed by atoms with E-state index >= 15 is 0 Å². The molecule has 1 aromatic rings. The molecule has 0 spiro atoms. The summed E-state index contributed by atoms with van der Waals surface area (Å²) in [5.41, 5.74) is 0.603. The Kier molecular flexibility index (Phi) is 6.44. The first-order valence-electron chi connectivity index (χ1n) is 6.56. The molecule has 1 N–H and O–H groups in total. The maximum absolute atomic E-state index is 11.7. The van der Waals surface area contributed by atoms with Crippen molar-refractivity contribution in [1.29, 1.82) is 0 Å². The summed E-state index contributed by atoms with van der Waals surface area (Å²) in [4.78, 5) is 11.7. The molecule has 18 heavy (non-hydrogen) atoms. The van der Waals surface area contributed by atoms with Crippen LogP contribution in [-0.2, 0) is 4.74 Å². The first-order chi connectivity index (χ1) is 8.59. The SMILES string of the molecule is CC(C)CCNCC(C)OC(=O)c1ccccc1. The van der Waals surface area contributed by atoms with Crippen molar-refractivity contribution < 1.29 is 9.53 Å². The van der Waals surface area contributed by atoms with E-state index < -0.39 is 0 Å². The van der Waals surface area contributed by atoms with Crippen LogP contribution < -0.4 is 5.32 Å². The van der Waals surface area contributed by atoms with E-state index in [0.29, 0.717) is 18.0 Å². The van der Waals surface area contributed by atoms with Crippen molar-refractivity contribution in [1.82, 2.24) is 5.32 Å². The molecular weight excluding hydrogens is 226 g/mol. The molecule has 3 heteroatoms. The molecule has 100 valence electrons. The fraction of sp³-hybridized carbons (Fsp3) is 0.533. The van der Waals surface area contributed by atoms with E-state index in [2.05, 4.69) is 19.2 Å². The minimum Gasteiger partial charge on any atom is -0.458 e. The monoisotopic (exact) mass is 249 g/mol. The molecule has 0 aliphatic rings. The Morgan fingerprint density at radius 1 is 1.22 bits per heavy atom. The van der Waals surface area contributed by atoms with Gasteiger partial charge in [-0.3, -0.25) is 0 Å². The van der Waals surface area contributed by atoms with Gasteiger partial charge in [-0.05, 0) is 37.9 Å². The molecule has 1 unspecified atom stereocenters. The van der Waals surface area contributed by atoms with Crippen LogP contribution in [0.25, 0.3) is 0 Å². The molecule has 0 saturated heterocycles. The Morgan fingerprint density at radius 2 is 1.89 bits per heavy atom. The maximum atomic E-state index is 11.7. The van der Waals surface area contributed by atoms with Crippen LogP contribution >= 0.6 is 0 Å². The molecule has 0 bridgehead atoms.